The first-order valence-electron chi connectivity index (χ1n) is 5.36. The molecule has 2 rings (SSSR count). The second kappa shape index (κ2) is 5.21. The van der Waals surface area contributed by atoms with E-state index in [1.54, 1.807) is 6.21 Å². The predicted octanol–water partition coefficient (Wildman–Crippen LogP) is 2.71. The summed E-state index contributed by atoms with van der Waals surface area (Å²) in [6.45, 7) is 0. The molecule has 0 heterocycles. The van der Waals surface area contributed by atoms with Crippen LogP contribution in [0.15, 0.2) is 34.7 Å². The van der Waals surface area contributed by atoms with Crippen LogP contribution in [-0.4, -0.2) is 15.7 Å². The van der Waals surface area contributed by atoms with Crippen molar-refractivity contribution in [2.24, 2.45) is 4.40 Å². The average molecular weight is 221 g/mol. The van der Waals surface area contributed by atoms with E-state index in [9.17, 15) is 4.21 Å². The van der Waals surface area contributed by atoms with Gasteiger partial charge in [0.2, 0.25) is 0 Å². The van der Waals surface area contributed by atoms with Crippen molar-refractivity contribution in [2.75, 3.05) is 0 Å². The zero-order valence-corrected chi connectivity index (χ0v) is 9.45. The fourth-order valence-electron chi connectivity index (χ4n) is 1.83. The molecule has 1 aliphatic carbocycles. The molecule has 2 nitrogen and oxygen atoms in total. The van der Waals surface area contributed by atoms with Crippen LogP contribution in [0.4, 0.5) is 0 Å². The molecule has 0 bridgehead atoms. The van der Waals surface area contributed by atoms with Crippen molar-refractivity contribution in [3.8, 4) is 0 Å². The van der Waals surface area contributed by atoms with Gasteiger partial charge in [0.05, 0.1) is 5.25 Å². The van der Waals surface area contributed by atoms with E-state index >= 15 is 0 Å². The van der Waals surface area contributed by atoms with Crippen LogP contribution in [0, 0.1) is 0 Å². The van der Waals surface area contributed by atoms with Gasteiger partial charge in [0.1, 0.15) is 11.0 Å². The van der Waals surface area contributed by atoms with Gasteiger partial charge in [-0.25, -0.2) is 4.21 Å². The largest absolute Gasteiger partial charge is 0.235 e. The minimum Gasteiger partial charge on any atom is -0.235 e. The Balaban J connectivity index is 1.96. The van der Waals surface area contributed by atoms with Crippen LogP contribution in [0.5, 0.6) is 0 Å². The number of hydrogen-bond acceptors (Lipinski definition) is 1. The summed E-state index contributed by atoms with van der Waals surface area (Å²) in [6, 6.07) is 9.82. The highest BCUT2D eigenvalue weighted by atomic mass is 32.2. The van der Waals surface area contributed by atoms with Crippen LogP contribution in [0.1, 0.15) is 31.2 Å². The van der Waals surface area contributed by atoms with E-state index in [2.05, 4.69) is 4.40 Å². The summed E-state index contributed by atoms with van der Waals surface area (Å²) in [5.74, 6) is 0. The molecule has 0 aromatic heterocycles. The molecule has 0 spiro atoms. The molecule has 0 amide bonds. The summed E-state index contributed by atoms with van der Waals surface area (Å²) in [4.78, 5) is 0. The van der Waals surface area contributed by atoms with Gasteiger partial charge in [-0.05, 0) is 18.4 Å². The maximum atomic E-state index is 11.7. The highest BCUT2D eigenvalue weighted by Gasteiger charge is 2.20. The number of benzene rings is 1. The second-order valence-corrected chi connectivity index (χ2v) is 5.26. The van der Waals surface area contributed by atoms with Crippen molar-refractivity contribution in [1.82, 2.24) is 0 Å². The summed E-state index contributed by atoms with van der Waals surface area (Å²) in [6.07, 6.45) is 6.26. The molecule has 1 aromatic rings. The van der Waals surface area contributed by atoms with E-state index < -0.39 is 11.0 Å². The summed E-state index contributed by atoms with van der Waals surface area (Å²) in [7, 11) is -1.03. The quantitative estimate of drug-likeness (QED) is 0.722. The Hall–Kier alpha value is -0.960. The molecule has 3 heteroatoms. The molecule has 15 heavy (non-hydrogen) atoms. The first kappa shape index (κ1) is 10.6. The monoisotopic (exact) mass is 221 g/mol. The van der Waals surface area contributed by atoms with Crippen molar-refractivity contribution < 1.29 is 4.21 Å². The molecule has 0 N–H and O–H groups in total. The van der Waals surface area contributed by atoms with Gasteiger partial charge in [-0.15, -0.1) is 0 Å². The lowest BCUT2D eigenvalue weighted by Crippen LogP contribution is -2.07. The fourth-order valence-corrected chi connectivity index (χ4v) is 2.96. The highest BCUT2D eigenvalue weighted by molar-refractivity contribution is 7.84. The van der Waals surface area contributed by atoms with Crippen LogP contribution < -0.4 is 0 Å². The van der Waals surface area contributed by atoms with Crippen LogP contribution in [0.3, 0.4) is 0 Å². The Morgan fingerprint density at radius 1 is 1.20 bits per heavy atom. The lowest BCUT2D eigenvalue weighted by Gasteiger charge is -2.02. The van der Waals surface area contributed by atoms with E-state index in [0.29, 0.717) is 5.25 Å². The van der Waals surface area contributed by atoms with E-state index in [1.165, 1.54) is 12.8 Å². The average Bonchev–Trinajstić information content (AvgIpc) is 2.81. The van der Waals surface area contributed by atoms with Crippen LogP contribution >= 0.6 is 0 Å². The lowest BCUT2D eigenvalue weighted by atomic mass is 10.2. The summed E-state index contributed by atoms with van der Waals surface area (Å²) < 4.78 is 15.9. The minimum atomic E-state index is -1.03. The summed E-state index contributed by atoms with van der Waals surface area (Å²) in [5, 5.41) is 0.296. The molecule has 0 radical (unpaired) electrons. The molecule has 1 fully saturated rings. The van der Waals surface area contributed by atoms with E-state index in [0.717, 1.165) is 18.4 Å². The first-order chi connectivity index (χ1) is 7.36. The molecule has 80 valence electrons. The topological polar surface area (TPSA) is 29.4 Å². The molecule has 1 unspecified atom stereocenters. The van der Waals surface area contributed by atoms with Crippen LogP contribution in [-0.2, 0) is 11.0 Å². The van der Waals surface area contributed by atoms with Gasteiger partial charge in [0.25, 0.3) is 0 Å². The molecular weight excluding hydrogens is 206 g/mol. The van der Waals surface area contributed by atoms with Crippen molar-refractivity contribution in [3.63, 3.8) is 0 Å². The zero-order chi connectivity index (χ0) is 10.5. The Morgan fingerprint density at radius 2 is 1.87 bits per heavy atom. The summed E-state index contributed by atoms with van der Waals surface area (Å²) >= 11 is 0. The van der Waals surface area contributed by atoms with Crippen LogP contribution in [0.25, 0.3) is 0 Å². The Labute approximate surface area is 93.0 Å². The number of hydrogen-bond donors (Lipinski definition) is 0. The Kier molecular flexibility index (Phi) is 3.67. The second-order valence-electron chi connectivity index (χ2n) is 3.83. The van der Waals surface area contributed by atoms with Crippen molar-refractivity contribution >= 4 is 17.2 Å². The number of nitrogens with zero attached hydrogens (tertiary/aromatic N) is 1. The van der Waals surface area contributed by atoms with Gasteiger partial charge in [0, 0.05) is 6.21 Å². The Morgan fingerprint density at radius 3 is 2.53 bits per heavy atom. The third kappa shape index (κ3) is 2.99. The van der Waals surface area contributed by atoms with E-state index in [1.807, 2.05) is 30.3 Å². The molecular formula is C12H15NOS. The maximum Gasteiger partial charge on any atom is 0.142 e. The van der Waals surface area contributed by atoms with Crippen LogP contribution in [0.2, 0.25) is 0 Å². The molecule has 0 aliphatic heterocycles. The van der Waals surface area contributed by atoms with Gasteiger partial charge in [-0.2, -0.15) is 4.40 Å². The number of rotatable bonds is 3. The summed E-state index contributed by atoms with van der Waals surface area (Å²) in [5.41, 5.74) is 1.02. The predicted molar refractivity (Wildman–Crippen MR) is 64.4 cm³/mol. The fraction of sp³-hybridized carbons (Fsp3) is 0.417. The Bertz CT molecular complexity index is 355. The lowest BCUT2D eigenvalue weighted by molar-refractivity contribution is 0.671. The highest BCUT2D eigenvalue weighted by Crippen LogP contribution is 2.23. The van der Waals surface area contributed by atoms with Crippen molar-refractivity contribution in [2.45, 2.75) is 30.9 Å². The van der Waals surface area contributed by atoms with Crippen molar-refractivity contribution in [3.05, 3.63) is 35.9 Å². The smallest absolute Gasteiger partial charge is 0.142 e. The molecule has 1 aliphatic rings. The van der Waals surface area contributed by atoms with E-state index in [4.69, 9.17) is 0 Å². The SMILES string of the molecule is O=S(/N=C/c1ccccc1)C1CCCC1. The van der Waals surface area contributed by atoms with Gasteiger partial charge >= 0.3 is 0 Å². The third-order valence-electron chi connectivity index (χ3n) is 2.69. The first-order valence-corrected chi connectivity index (χ1v) is 6.53. The zero-order valence-electron chi connectivity index (χ0n) is 8.63. The van der Waals surface area contributed by atoms with Gasteiger partial charge in [-0.1, -0.05) is 43.2 Å². The van der Waals surface area contributed by atoms with Gasteiger partial charge in [-0.3, -0.25) is 0 Å². The molecule has 1 atom stereocenters. The molecule has 1 aromatic carbocycles. The molecule has 0 saturated heterocycles. The van der Waals surface area contributed by atoms with Crippen molar-refractivity contribution in [1.29, 1.82) is 0 Å². The maximum absolute atomic E-state index is 11.7. The third-order valence-corrected chi connectivity index (χ3v) is 4.05. The molecule has 1 saturated carbocycles. The van der Waals surface area contributed by atoms with E-state index in [-0.39, 0.29) is 0 Å². The minimum absolute atomic E-state index is 0.296. The van der Waals surface area contributed by atoms with Gasteiger partial charge < -0.3 is 0 Å². The normalized spacial score (nSPS) is 19.7. The van der Waals surface area contributed by atoms with Gasteiger partial charge in [0.15, 0.2) is 0 Å². The standard InChI is InChI=1S/C12H15NOS/c14-15(12-8-4-5-9-12)13-10-11-6-2-1-3-7-11/h1-3,6-7,10,12H,4-5,8-9H2/b13-10+.